The van der Waals surface area contributed by atoms with Crippen LogP contribution in [-0.2, 0) is 13.1 Å². The SMILES string of the molecule is CN1CCN(c2cncc3[nH]c(C4=CCNc5ccc(-c6cncc(CNCc7ccccc7)c6)cc54)nc23)CC1. The zero-order valence-corrected chi connectivity index (χ0v) is 23.3. The first-order valence-electron chi connectivity index (χ1n) is 14.3. The summed E-state index contributed by atoms with van der Waals surface area (Å²) in [6.07, 6.45) is 9.93. The van der Waals surface area contributed by atoms with Gasteiger partial charge in [-0.1, -0.05) is 42.5 Å². The normalized spacial score (nSPS) is 15.4. The van der Waals surface area contributed by atoms with Gasteiger partial charge in [-0.05, 0) is 41.9 Å². The fraction of sp³-hybridized carbons (Fsp3) is 0.242. The van der Waals surface area contributed by atoms with E-state index in [0.717, 1.165) is 102 Å². The predicted octanol–water partition coefficient (Wildman–Crippen LogP) is 4.92. The lowest BCUT2D eigenvalue weighted by molar-refractivity contribution is 0.313. The van der Waals surface area contributed by atoms with Gasteiger partial charge in [-0.3, -0.25) is 9.97 Å². The Bertz CT molecular complexity index is 1700. The summed E-state index contributed by atoms with van der Waals surface area (Å²) < 4.78 is 0. The first-order chi connectivity index (χ1) is 20.2. The Morgan fingerprint density at radius 1 is 0.829 bits per heavy atom. The van der Waals surface area contributed by atoms with Crippen molar-refractivity contribution in [1.82, 2.24) is 30.2 Å². The molecule has 8 nitrogen and oxygen atoms in total. The van der Waals surface area contributed by atoms with E-state index < -0.39 is 0 Å². The van der Waals surface area contributed by atoms with Gasteiger partial charge in [-0.25, -0.2) is 4.98 Å². The molecule has 0 unspecified atom stereocenters. The molecule has 3 aromatic heterocycles. The average molecular weight is 543 g/mol. The molecular weight excluding hydrogens is 508 g/mol. The highest BCUT2D eigenvalue weighted by molar-refractivity contribution is 5.94. The molecule has 41 heavy (non-hydrogen) atoms. The van der Waals surface area contributed by atoms with Gasteiger partial charge in [0.2, 0.25) is 0 Å². The molecule has 1 fully saturated rings. The number of rotatable bonds is 7. The maximum Gasteiger partial charge on any atom is 0.139 e. The van der Waals surface area contributed by atoms with Gasteiger partial charge in [-0.15, -0.1) is 0 Å². The number of nitrogens with zero attached hydrogens (tertiary/aromatic N) is 5. The van der Waals surface area contributed by atoms with Crippen LogP contribution in [0, 0.1) is 0 Å². The fourth-order valence-electron chi connectivity index (χ4n) is 5.71. The van der Waals surface area contributed by atoms with Gasteiger partial charge in [-0.2, -0.15) is 0 Å². The Labute approximate surface area is 240 Å². The summed E-state index contributed by atoms with van der Waals surface area (Å²) in [5, 5.41) is 7.06. The standard InChI is InChI=1S/C33H34N8/c1-40-11-13-41(14-12-40)31-22-36-21-30-32(31)39-33(38-30)27-9-10-37-29-8-7-25(16-28(27)29)26-15-24(19-35-20-26)18-34-17-23-5-3-2-4-6-23/h2-9,15-16,19-22,34,37H,10-14,17-18H2,1H3,(H,38,39). The quantitative estimate of drug-likeness (QED) is 0.269. The zero-order chi connectivity index (χ0) is 27.6. The third-order valence-electron chi connectivity index (χ3n) is 8.01. The van der Waals surface area contributed by atoms with Gasteiger partial charge in [0.15, 0.2) is 0 Å². The lowest BCUT2D eigenvalue weighted by Crippen LogP contribution is -2.44. The fourth-order valence-corrected chi connectivity index (χ4v) is 5.71. The van der Waals surface area contributed by atoms with Crippen LogP contribution < -0.4 is 15.5 Å². The molecule has 5 heterocycles. The second-order valence-electron chi connectivity index (χ2n) is 10.9. The van der Waals surface area contributed by atoms with Crippen LogP contribution in [0.1, 0.15) is 22.5 Å². The van der Waals surface area contributed by atoms with E-state index in [1.807, 2.05) is 30.9 Å². The van der Waals surface area contributed by atoms with Crippen molar-refractivity contribution in [2.24, 2.45) is 0 Å². The second kappa shape index (κ2) is 11.2. The summed E-state index contributed by atoms with van der Waals surface area (Å²) in [4.78, 5) is 22.6. The molecule has 2 aromatic carbocycles. The Hall–Kier alpha value is -4.53. The van der Waals surface area contributed by atoms with Crippen molar-refractivity contribution in [1.29, 1.82) is 0 Å². The molecule has 0 atom stereocenters. The molecule has 8 heteroatoms. The number of fused-ring (bicyclic) bond motifs is 2. The van der Waals surface area contributed by atoms with Gasteiger partial charge in [0, 0.05) is 80.6 Å². The van der Waals surface area contributed by atoms with Crippen molar-refractivity contribution in [3.8, 4) is 11.1 Å². The van der Waals surface area contributed by atoms with Gasteiger partial charge < -0.3 is 25.4 Å². The number of likely N-dealkylation sites (N-methyl/N-ethyl adjacent to an activating group) is 1. The average Bonchev–Trinajstić information content (AvgIpc) is 3.46. The van der Waals surface area contributed by atoms with Crippen LogP contribution in [0.25, 0.3) is 27.7 Å². The van der Waals surface area contributed by atoms with Crippen molar-refractivity contribution in [3.63, 3.8) is 0 Å². The van der Waals surface area contributed by atoms with E-state index in [0.29, 0.717) is 0 Å². The smallest absolute Gasteiger partial charge is 0.139 e. The number of aromatic amines is 1. The number of hydrogen-bond donors (Lipinski definition) is 3. The van der Waals surface area contributed by atoms with E-state index >= 15 is 0 Å². The third kappa shape index (κ3) is 5.31. The molecule has 0 aliphatic carbocycles. The number of H-pyrrole nitrogens is 1. The van der Waals surface area contributed by atoms with Crippen LogP contribution in [0.3, 0.4) is 0 Å². The highest BCUT2D eigenvalue weighted by Gasteiger charge is 2.22. The van der Waals surface area contributed by atoms with E-state index in [4.69, 9.17) is 4.98 Å². The molecule has 0 spiro atoms. The van der Waals surface area contributed by atoms with Crippen LogP contribution in [-0.4, -0.2) is 64.6 Å². The number of imidazole rings is 1. The van der Waals surface area contributed by atoms with Crippen LogP contribution in [0.4, 0.5) is 11.4 Å². The molecule has 2 aliphatic heterocycles. The number of nitrogens with one attached hydrogen (secondary N) is 3. The molecule has 0 bridgehead atoms. The van der Waals surface area contributed by atoms with Crippen LogP contribution in [0.5, 0.6) is 0 Å². The van der Waals surface area contributed by atoms with E-state index in [2.05, 4.69) is 97.0 Å². The van der Waals surface area contributed by atoms with E-state index in [-0.39, 0.29) is 0 Å². The highest BCUT2D eigenvalue weighted by atomic mass is 15.3. The maximum atomic E-state index is 5.14. The van der Waals surface area contributed by atoms with Crippen LogP contribution in [0.15, 0.2) is 85.5 Å². The molecular formula is C33H34N8. The molecule has 7 rings (SSSR count). The third-order valence-corrected chi connectivity index (χ3v) is 8.01. The summed E-state index contributed by atoms with van der Waals surface area (Å²) in [6.45, 7) is 6.38. The minimum atomic E-state index is 0.756. The highest BCUT2D eigenvalue weighted by Crippen LogP contribution is 2.36. The van der Waals surface area contributed by atoms with Gasteiger partial charge >= 0.3 is 0 Å². The lowest BCUT2D eigenvalue weighted by atomic mass is 9.95. The van der Waals surface area contributed by atoms with Gasteiger partial charge in [0.05, 0.1) is 23.6 Å². The maximum absolute atomic E-state index is 5.14. The van der Waals surface area contributed by atoms with E-state index in [9.17, 15) is 0 Å². The molecule has 0 saturated carbocycles. The summed E-state index contributed by atoms with van der Waals surface area (Å²) in [6, 6.07) is 19.3. The molecule has 206 valence electrons. The van der Waals surface area contributed by atoms with Crippen molar-refractivity contribution < 1.29 is 0 Å². The predicted molar refractivity (Wildman–Crippen MR) is 166 cm³/mol. The topological polar surface area (TPSA) is 85.0 Å². The van der Waals surface area contributed by atoms with E-state index in [1.54, 1.807) is 0 Å². The summed E-state index contributed by atoms with van der Waals surface area (Å²) in [5.41, 5.74) is 11.1. The molecule has 1 saturated heterocycles. The lowest BCUT2D eigenvalue weighted by Gasteiger charge is -2.33. The number of piperazine rings is 1. The monoisotopic (exact) mass is 542 g/mol. The Balaban J connectivity index is 1.15. The van der Waals surface area contributed by atoms with Crippen molar-refractivity contribution in [3.05, 3.63) is 108 Å². The van der Waals surface area contributed by atoms with Gasteiger partial charge in [0.1, 0.15) is 11.3 Å². The number of benzene rings is 2. The zero-order valence-electron chi connectivity index (χ0n) is 23.3. The molecule has 5 aromatic rings. The minimum absolute atomic E-state index is 0.756. The van der Waals surface area contributed by atoms with Crippen LogP contribution in [0.2, 0.25) is 0 Å². The second-order valence-corrected chi connectivity index (χ2v) is 10.9. The van der Waals surface area contributed by atoms with Crippen molar-refractivity contribution in [2.75, 3.05) is 50.0 Å². The number of anilines is 2. The summed E-state index contributed by atoms with van der Waals surface area (Å²) in [7, 11) is 2.17. The van der Waals surface area contributed by atoms with Crippen LogP contribution >= 0.6 is 0 Å². The molecule has 2 aliphatic rings. The molecule has 0 radical (unpaired) electrons. The van der Waals surface area contributed by atoms with E-state index in [1.165, 1.54) is 5.56 Å². The Morgan fingerprint density at radius 2 is 1.66 bits per heavy atom. The molecule has 0 amide bonds. The number of aromatic nitrogens is 4. The summed E-state index contributed by atoms with van der Waals surface area (Å²) >= 11 is 0. The van der Waals surface area contributed by atoms with Crippen molar-refractivity contribution >= 4 is 28.0 Å². The number of pyridine rings is 2. The Kier molecular flexibility index (Phi) is 6.92. The largest absolute Gasteiger partial charge is 0.381 e. The number of hydrogen-bond acceptors (Lipinski definition) is 7. The Morgan fingerprint density at radius 3 is 2.54 bits per heavy atom. The first-order valence-corrected chi connectivity index (χ1v) is 14.3. The molecule has 3 N–H and O–H groups in total. The van der Waals surface area contributed by atoms with Gasteiger partial charge in [0.25, 0.3) is 0 Å². The minimum Gasteiger partial charge on any atom is -0.381 e. The first kappa shape index (κ1) is 25.4. The van der Waals surface area contributed by atoms with Crippen molar-refractivity contribution in [2.45, 2.75) is 13.1 Å². The summed E-state index contributed by atoms with van der Waals surface area (Å²) in [5.74, 6) is 0.875.